The average Bonchev–Trinajstić information content (AvgIpc) is 3.99. The average molecular weight is 876 g/mol. The number of carbonyl (C=O) groups excluding carboxylic acids is 4. The molecule has 19 heteroatoms. The van der Waals surface area contributed by atoms with Crippen LogP contribution in [0.3, 0.4) is 0 Å². The van der Waals surface area contributed by atoms with Crippen LogP contribution in [-0.2, 0) is 43.9 Å². The van der Waals surface area contributed by atoms with Gasteiger partial charge in [-0.25, -0.2) is 23.7 Å². The van der Waals surface area contributed by atoms with Crippen molar-refractivity contribution in [2.45, 2.75) is 104 Å². The van der Waals surface area contributed by atoms with Gasteiger partial charge in [-0.05, 0) is 78.5 Å². The molecule has 0 radical (unpaired) electrons. The van der Waals surface area contributed by atoms with Crippen LogP contribution >= 0.6 is 7.82 Å². The zero-order valence-corrected chi connectivity index (χ0v) is 35.6. The van der Waals surface area contributed by atoms with Gasteiger partial charge in [0.1, 0.15) is 18.1 Å². The standard InChI is InChI=1S/C42H50F4N5O9P/c1-40(2,3)59-61(56,60-41(4,5)6)58-23-27-14-10-17-32(48-27)39(55)57-24-51-34-29(15-11-16-31(34)43)33(26-12-8-7-9-13-26)49-36(38(51)54)50-37(53)28(20-21-42(44,45)46)30(35(47)52)22-25-18-19-25/h7-17,25,28,30,36H,18-24H2,1-6H3,(H2,47,52)(H,50,53). The number of rotatable bonds is 17. The molecule has 1 saturated carbocycles. The van der Waals surface area contributed by atoms with Crippen molar-refractivity contribution in [2.75, 3.05) is 11.6 Å². The second-order valence-electron chi connectivity index (χ2n) is 16.8. The van der Waals surface area contributed by atoms with Crippen LogP contribution in [0.4, 0.5) is 23.2 Å². The van der Waals surface area contributed by atoms with Gasteiger partial charge in [-0.1, -0.05) is 61.4 Å². The number of ether oxygens (including phenoxy) is 1. The van der Waals surface area contributed by atoms with Crippen molar-refractivity contribution in [1.82, 2.24) is 10.3 Å². The Kier molecular flexibility index (Phi) is 14.6. The van der Waals surface area contributed by atoms with Crippen molar-refractivity contribution >= 4 is 42.9 Å². The molecule has 3 atom stereocenters. The molecule has 330 valence electrons. The quantitative estimate of drug-likeness (QED) is 0.0770. The number of amides is 3. The van der Waals surface area contributed by atoms with Gasteiger partial charge in [0.15, 0.2) is 6.73 Å². The number of aromatic nitrogens is 1. The predicted octanol–water partition coefficient (Wildman–Crippen LogP) is 7.78. The summed E-state index contributed by atoms with van der Waals surface area (Å²) in [6.07, 6.45) is -7.28. The maximum atomic E-state index is 16.0. The Hall–Kier alpha value is -5.03. The third-order valence-corrected chi connectivity index (χ3v) is 11.3. The molecule has 5 rings (SSSR count). The predicted molar refractivity (Wildman–Crippen MR) is 215 cm³/mol. The van der Waals surface area contributed by atoms with Crippen molar-refractivity contribution in [3.63, 3.8) is 0 Å². The SMILES string of the molecule is CC(C)(C)OP(=O)(OCc1cccc(C(=O)OCN2C(=O)C(NC(=O)C(CCC(F)(F)F)C(CC3CC3)C(N)=O)N=C(c3ccccc3)c3cccc(F)c32)n1)OC(C)(C)C. The lowest BCUT2D eigenvalue weighted by atomic mass is 9.83. The molecule has 0 saturated heterocycles. The minimum atomic E-state index is -4.68. The molecule has 1 aromatic heterocycles. The van der Waals surface area contributed by atoms with Crippen LogP contribution in [0.2, 0.25) is 0 Å². The first-order valence-electron chi connectivity index (χ1n) is 19.6. The number of pyridine rings is 1. The highest BCUT2D eigenvalue weighted by Gasteiger charge is 2.43. The molecule has 0 bridgehead atoms. The lowest BCUT2D eigenvalue weighted by Gasteiger charge is -2.30. The number of anilines is 1. The Morgan fingerprint density at radius 3 is 2.15 bits per heavy atom. The summed E-state index contributed by atoms with van der Waals surface area (Å²) < 4.78 is 92.5. The van der Waals surface area contributed by atoms with Crippen molar-refractivity contribution in [3.8, 4) is 0 Å². The van der Waals surface area contributed by atoms with E-state index in [0.717, 1.165) is 23.8 Å². The Morgan fingerprint density at radius 2 is 1.56 bits per heavy atom. The summed E-state index contributed by atoms with van der Waals surface area (Å²) in [6.45, 7) is 8.62. The number of aliphatic imine (C=N–C) groups is 1. The normalized spacial score (nSPS) is 17.1. The first-order chi connectivity index (χ1) is 28.4. The van der Waals surface area contributed by atoms with Crippen molar-refractivity contribution < 1.29 is 59.6 Å². The fourth-order valence-electron chi connectivity index (χ4n) is 6.57. The van der Waals surface area contributed by atoms with Crippen LogP contribution in [0.1, 0.15) is 101 Å². The molecule has 3 amide bonds. The van der Waals surface area contributed by atoms with E-state index in [-0.39, 0.29) is 40.7 Å². The van der Waals surface area contributed by atoms with E-state index in [9.17, 15) is 36.9 Å². The fraction of sp³-hybridized carbons (Fsp3) is 0.476. The number of phosphoric ester groups is 1. The highest BCUT2D eigenvalue weighted by atomic mass is 31.2. The summed E-state index contributed by atoms with van der Waals surface area (Å²) in [5, 5.41) is 2.41. The highest BCUT2D eigenvalue weighted by molar-refractivity contribution is 7.48. The molecular weight excluding hydrogens is 825 g/mol. The molecule has 2 heterocycles. The number of fused-ring (bicyclic) bond motifs is 1. The van der Waals surface area contributed by atoms with Crippen LogP contribution < -0.4 is 16.0 Å². The molecule has 1 fully saturated rings. The van der Waals surface area contributed by atoms with Gasteiger partial charge in [0.25, 0.3) is 5.91 Å². The maximum Gasteiger partial charge on any atom is 0.476 e. The lowest BCUT2D eigenvalue weighted by Crippen LogP contribution is -2.51. The number of carbonyl (C=O) groups is 4. The number of primary amides is 1. The van der Waals surface area contributed by atoms with E-state index in [1.54, 1.807) is 71.9 Å². The number of nitrogens with one attached hydrogen (secondary N) is 1. The smallest absolute Gasteiger partial charge is 0.439 e. The third-order valence-electron chi connectivity index (χ3n) is 9.29. The highest BCUT2D eigenvalue weighted by Crippen LogP contribution is 2.56. The maximum absolute atomic E-state index is 16.0. The van der Waals surface area contributed by atoms with Gasteiger partial charge in [0, 0.05) is 29.4 Å². The number of hydrogen-bond donors (Lipinski definition) is 2. The number of para-hydroxylation sites is 1. The second-order valence-corrected chi connectivity index (χ2v) is 18.3. The molecular formula is C42H50F4N5O9P. The molecule has 3 aromatic rings. The fourth-order valence-corrected chi connectivity index (χ4v) is 8.34. The number of esters is 1. The Labute approximate surface area is 351 Å². The monoisotopic (exact) mass is 875 g/mol. The minimum absolute atomic E-state index is 0.00189. The van der Waals surface area contributed by atoms with Crippen LogP contribution in [0.15, 0.2) is 71.7 Å². The molecule has 3 N–H and O–H groups in total. The number of nitrogens with two attached hydrogens (primary N) is 1. The summed E-state index contributed by atoms with van der Waals surface area (Å²) in [4.78, 5) is 64.2. The molecule has 2 aliphatic rings. The number of benzodiazepines with no additional fused rings is 1. The van der Waals surface area contributed by atoms with E-state index >= 15 is 4.39 Å². The topological polar surface area (TPSA) is 189 Å². The number of benzene rings is 2. The Morgan fingerprint density at radius 1 is 0.918 bits per heavy atom. The lowest BCUT2D eigenvalue weighted by molar-refractivity contribution is -0.146. The largest absolute Gasteiger partial charge is 0.476 e. The van der Waals surface area contributed by atoms with Crippen molar-refractivity contribution in [1.29, 1.82) is 0 Å². The third kappa shape index (κ3) is 13.5. The van der Waals surface area contributed by atoms with Crippen LogP contribution in [-0.4, -0.2) is 64.7 Å². The molecule has 0 spiro atoms. The molecule has 61 heavy (non-hydrogen) atoms. The van der Waals surface area contributed by atoms with Gasteiger partial charge in [0.05, 0.1) is 28.3 Å². The first-order valence-corrected chi connectivity index (χ1v) is 21.1. The summed E-state index contributed by atoms with van der Waals surface area (Å²) in [6, 6.07) is 16.3. The van der Waals surface area contributed by atoms with E-state index in [1.807, 2.05) is 0 Å². The van der Waals surface area contributed by atoms with Crippen molar-refractivity contribution in [3.05, 3.63) is 95.1 Å². The molecule has 3 unspecified atom stereocenters. The van der Waals surface area contributed by atoms with Gasteiger partial charge < -0.3 is 15.8 Å². The van der Waals surface area contributed by atoms with Crippen LogP contribution in [0.25, 0.3) is 0 Å². The summed E-state index contributed by atoms with van der Waals surface area (Å²) in [5.74, 6) is -8.07. The number of halogens is 4. The van der Waals surface area contributed by atoms with E-state index in [1.165, 1.54) is 30.3 Å². The Balaban J connectivity index is 1.45. The van der Waals surface area contributed by atoms with Gasteiger partial charge >= 0.3 is 20.0 Å². The zero-order valence-electron chi connectivity index (χ0n) is 34.7. The molecule has 2 aromatic carbocycles. The second kappa shape index (κ2) is 18.9. The summed E-state index contributed by atoms with van der Waals surface area (Å²) in [7, 11) is -4.17. The first kappa shape index (κ1) is 47.0. The van der Waals surface area contributed by atoms with Gasteiger partial charge in [-0.3, -0.25) is 32.9 Å². The Bertz CT molecular complexity index is 2150. The summed E-state index contributed by atoms with van der Waals surface area (Å²) in [5.41, 5.74) is 3.72. The van der Waals surface area contributed by atoms with Gasteiger partial charge in [-0.2, -0.15) is 13.2 Å². The van der Waals surface area contributed by atoms with E-state index < -0.39 is 98.9 Å². The molecule has 14 nitrogen and oxygen atoms in total. The van der Waals surface area contributed by atoms with Gasteiger partial charge in [0.2, 0.25) is 18.0 Å². The number of nitrogens with zero attached hydrogens (tertiary/aromatic N) is 3. The molecule has 1 aliphatic carbocycles. The number of phosphoric acid groups is 1. The van der Waals surface area contributed by atoms with Crippen LogP contribution in [0, 0.1) is 23.6 Å². The van der Waals surface area contributed by atoms with E-state index in [0.29, 0.717) is 5.56 Å². The summed E-state index contributed by atoms with van der Waals surface area (Å²) >= 11 is 0. The number of hydrogen-bond acceptors (Lipinski definition) is 11. The van der Waals surface area contributed by atoms with E-state index in [2.05, 4.69) is 15.3 Å². The minimum Gasteiger partial charge on any atom is -0.439 e. The van der Waals surface area contributed by atoms with E-state index in [4.69, 9.17) is 24.0 Å². The van der Waals surface area contributed by atoms with Crippen molar-refractivity contribution in [2.24, 2.45) is 28.5 Å². The molecule has 1 aliphatic heterocycles. The van der Waals surface area contributed by atoms with Crippen LogP contribution in [0.5, 0.6) is 0 Å². The number of alkyl halides is 3. The zero-order chi connectivity index (χ0) is 44.9. The van der Waals surface area contributed by atoms with Gasteiger partial charge in [-0.15, -0.1) is 0 Å².